The lowest BCUT2D eigenvalue weighted by atomic mass is 10.0. The Morgan fingerprint density at radius 1 is 1.28 bits per heavy atom. The highest BCUT2D eigenvalue weighted by Crippen LogP contribution is 2.20. The molecule has 18 heavy (non-hydrogen) atoms. The zero-order chi connectivity index (χ0) is 13.0. The van der Waals surface area contributed by atoms with Gasteiger partial charge in [0.15, 0.2) is 0 Å². The first kappa shape index (κ1) is 14.3. The van der Waals surface area contributed by atoms with Gasteiger partial charge in [0.1, 0.15) is 0 Å². The second-order valence-corrected chi connectivity index (χ2v) is 5.94. The molecule has 0 aliphatic carbocycles. The Balaban J connectivity index is 1.79. The second-order valence-electron chi connectivity index (χ2n) is 5.94. The Labute approximate surface area is 111 Å². The molecule has 4 heteroatoms. The standard InChI is InChI=1S/C14H28N2O2/c1-15-8-4-9-16(2)13(11-15)14(17)7-6-12-5-3-10-18-12/h12-14,17H,3-11H2,1-2H3. The number of aliphatic hydroxyl groups excluding tert-OH is 1. The highest BCUT2D eigenvalue weighted by atomic mass is 16.5. The molecule has 0 aromatic carbocycles. The summed E-state index contributed by atoms with van der Waals surface area (Å²) in [5.41, 5.74) is 0. The molecule has 2 heterocycles. The van der Waals surface area contributed by atoms with Crippen molar-refractivity contribution in [3.05, 3.63) is 0 Å². The van der Waals surface area contributed by atoms with Crippen LogP contribution in [0.5, 0.6) is 0 Å². The molecule has 4 nitrogen and oxygen atoms in total. The third-order valence-corrected chi connectivity index (χ3v) is 4.37. The van der Waals surface area contributed by atoms with Crippen LogP contribution in [0.1, 0.15) is 32.1 Å². The number of hydrogen-bond acceptors (Lipinski definition) is 4. The molecule has 2 saturated heterocycles. The van der Waals surface area contributed by atoms with Gasteiger partial charge in [0, 0.05) is 19.2 Å². The summed E-state index contributed by atoms with van der Waals surface area (Å²) in [6.07, 6.45) is 5.61. The first-order valence-electron chi connectivity index (χ1n) is 7.35. The van der Waals surface area contributed by atoms with Gasteiger partial charge in [0.05, 0.1) is 12.2 Å². The summed E-state index contributed by atoms with van der Waals surface area (Å²) >= 11 is 0. The van der Waals surface area contributed by atoms with Gasteiger partial charge in [-0.25, -0.2) is 0 Å². The van der Waals surface area contributed by atoms with Gasteiger partial charge >= 0.3 is 0 Å². The van der Waals surface area contributed by atoms with E-state index in [0.717, 1.165) is 39.1 Å². The van der Waals surface area contributed by atoms with Crippen LogP contribution in [0.3, 0.4) is 0 Å². The van der Waals surface area contributed by atoms with E-state index in [-0.39, 0.29) is 12.1 Å². The molecule has 0 aromatic heterocycles. The van der Waals surface area contributed by atoms with Gasteiger partial charge in [0.2, 0.25) is 0 Å². The number of ether oxygens (including phenoxy) is 1. The molecule has 0 radical (unpaired) electrons. The van der Waals surface area contributed by atoms with Crippen molar-refractivity contribution in [3.63, 3.8) is 0 Å². The molecule has 3 unspecified atom stereocenters. The van der Waals surface area contributed by atoms with Crippen LogP contribution in [-0.4, -0.2) is 73.5 Å². The van der Waals surface area contributed by atoms with Gasteiger partial charge in [-0.1, -0.05) is 0 Å². The van der Waals surface area contributed by atoms with Gasteiger partial charge in [0.25, 0.3) is 0 Å². The van der Waals surface area contributed by atoms with Gasteiger partial charge in [-0.15, -0.1) is 0 Å². The smallest absolute Gasteiger partial charge is 0.0708 e. The number of nitrogens with zero attached hydrogens (tertiary/aromatic N) is 2. The molecule has 0 amide bonds. The molecular formula is C14H28N2O2. The van der Waals surface area contributed by atoms with E-state index in [9.17, 15) is 5.11 Å². The van der Waals surface area contributed by atoms with E-state index in [1.165, 1.54) is 19.3 Å². The fraction of sp³-hybridized carbons (Fsp3) is 1.00. The lowest BCUT2D eigenvalue weighted by molar-refractivity contribution is 0.0328. The first-order valence-corrected chi connectivity index (χ1v) is 7.35. The maximum atomic E-state index is 10.4. The normalized spacial score (nSPS) is 33.5. The van der Waals surface area contributed by atoms with Crippen molar-refractivity contribution in [2.24, 2.45) is 0 Å². The van der Waals surface area contributed by atoms with E-state index in [0.29, 0.717) is 6.10 Å². The minimum Gasteiger partial charge on any atom is -0.391 e. The molecule has 106 valence electrons. The van der Waals surface area contributed by atoms with Crippen LogP contribution in [0.25, 0.3) is 0 Å². The van der Waals surface area contributed by atoms with Crippen LogP contribution in [-0.2, 0) is 4.74 Å². The number of hydrogen-bond donors (Lipinski definition) is 1. The van der Waals surface area contributed by atoms with Crippen molar-refractivity contribution in [2.45, 2.75) is 50.4 Å². The molecular weight excluding hydrogens is 228 g/mol. The SMILES string of the molecule is CN1CCCN(C)C(C(O)CCC2CCCO2)C1. The van der Waals surface area contributed by atoms with Gasteiger partial charge in [-0.05, 0) is 59.3 Å². The quantitative estimate of drug-likeness (QED) is 0.812. The molecule has 2 aliphatic heterocycles. The average molecular weight is 256 g/mol. The zero-order valence-corrected chi connectivity index (χ0v) is 11.8. The predicted molar refractivity (Wildman–Crippen MR) is 72.7 cm³/mol. The summed E-state index contributed by atoms with van der Waals surface area (Å²) < 4.78 is 5.63. The maximum Gasteiger partial charge on any atom is 0.0708 e. The van der Waals surface area contributed by atoms with Crippen LogP contribution in [0, 0.1) is 0 Å². The van der Waals surface area contributed by atoms with Crippen LogP contribution in [0.4, 0.5) is 0 Å². The van der Waals surface area contributed by atoms with Crippen molar-refractivity contribution in [1.82, 2.24) is 9.80 Å². The minimum atomic E-state index is -0.222. The molecule has 0 aromatic rings. The first-order chi connectivity index (χ1) is 8.66. The van der Waals surface area contributed by atoms with Gasteiger partial charge in [-0.3, -0.25) is 4.90 Å². The van der Waals surface area contributed by atoms with E-state index < -0.39 is 0 Å². The number of aliphatic hydroxyl groups is 1. The van der Waals surface area contributed by atoms with E-state index in [4.69, 9.17) is 4.74 Å². The summed E-state index contributed by atoms with van der Waals surface area (Å²) in [5, 5.41) is 10.4. The lowest BCUT2D eigenvalue weighted by Crippen LogP contribution is -2.46. The average Bonchev–Trinajstić information content (AvgIpc) is 2.80. The minimum absolute atomic E-state index is 0.222. The summed E-state index contributed by atoms with van der Waals surface area (Å²) in [7, 11) is 4.29. The Hall–Kier alpha value is -0.160. The molecule has 0 bridgehead atoms. The highest BCUT2D eigenvalue weighted by molar-refractivity contribution is 4.83. The molecule has 3 atom stereocenters. The Bertz CT molecular complexity index is 244. The van der Waals surface area contributed by atoms with E-state index in [1.54, 1.807) is 0 Å². The Kier molecular flexibility index (Phi) is 5.42. The summed E-state index contributed by atoms with van der Waals surface area (Å²) in [4.78, 5) is 4.66. The topological polar surface area (TPSA) is 35.9 Å². The van der Waals surface area contributed by atoms with Crippen LogP contribution in [0.15, 0.2) is 0 Å². The Morgan fingerprint density at radius 3 is 2.83 bits per heavy atom. The van der Waals surface area contributed by atoms with E-state index in [2.05, 4.69) is 23.9 Å². The summed E-state index contributed by atoms with van der Waals surface area (Å²) in [5.74, 6) is 0. The fourth-order valence-corrected chi connectivity index (χ4v) is 3.14. The van der Waals surface area contributed by atoms with E-state index in [1.807, 2.05) is 0 Å². The molecule has 2 fully saturated rings. The predicted octanol–water partition coefficient (Wildman–Crippen LogP) is 0.942. The van der Waals surface area contributed by atoms with Crippen molar-refractivity contribution < 1.29 is 9.84 Å². The third-order valence-electron chi connectivity index (χ3n) is 4.37. The summed E-state index contributed by atoms with van der Waals surface area (Å²) in [6, 6.07) is 0.277. The van der Waals surface area contributed by atoms with Gasteiger partial charge in [-0.2, -0.15) is 0 Å². The molecule has 2 aliphatic rings. The molecule has 2 rings (SSSR count). The third kappa shape index (κ3) is 3.92. The number of rotatable bonds is 4. The molecule has 0 spiro atoms. The van der Waals surface area contributed by atoms with Crippen LogP contribution < -0.4 is 0 Å². The van der Waals surface area contributed by atoms with Crippen LogP contribution in [0.2, 0.25) is 0 Å². The molecule has 0 saturated carbocycles. The maximum absolute atomic E-state index is 10.4. The lowest BCUT2D eigenvalue weighted by Gasteiger charge is -2.32. The summed E-state index contributed by atoms with van der Waals surface area (Å²) in [6.45, 7) is 4.11. The second kappa shape index (κ2) is 6.85. The van der Waals surface area contributed by atoms with Crippen molar-refractivity contribution in [1.29, 1.82) is 0 Å². The monoisotopic (exact) mass is 256 g/mol. The number of likely N-dealkylation sites (N-methyl/N-ethyl adjacent to an activating group) is 2. The highest BCUT2D eigenvalue weighted by Gasteiger charge is 2.28. The van der Waals surface area contributed by atoms with Crippen molar-refractivity contribution in [3.8, 4) is 0 Å². The zero-order valence-electron chi connectivity index (χ0n) is 11.8. The largest absolute Gasteiger partial charge is 0.391 e. The van der Waals surface area contributed by atoms with Gasteiger partial charge < -0.3 is 14.7 Å². The van der Waals surface area contributed by atoms with Crippen molar-refractivity contribution in [2.75, 3.05) is 40.3 Å². The molecule has 1 N–H and O–H groups in total. The fourth-order valence-electron chi connectivity index (χ4n) is 3.14. The van der Waals surface area contributed by atoms with Crippen molar-refractivity contribution >= 4 is 0 Å². The van der Waals surface area contributed by atoms with E-state index >= 15 is 0 Å². The Morgan fingerprint density at radius 2 is 2.11 bits per heavy atom. The van der Waals surface area contributed by atoms with Crippen LogP contribution >= 0.6 is 0 Å².